The minimum Gasteiger partial charge on any atom is -0.467 e. The molecule has 2 N–H and O–H groups in total. The molecule has 0 heterocycles. The van der Waals surface area contributed by atoms with Crippen molar-refractivity contribution in [2.24, 2.45) is 11.3 Å². The highest BCUT2D eigenvalue weighted by molar-refractivity contribution is 5.86. The third-order valence-corrected chi connectivity index (χ3v) is 3.56. The van der Waals surface area contributed by atoms with Crippen LogP contribution in [0.5, 0.6) is 0 Å². The predicted octanol–water partition coefficient (Wildman–Crippen LogP) is 0.463. The van der Waals surface area contributed by atoms with Gasteiger partial charge in [-0.25, -0.2) is 4.79 Å². The monoisotopic (exact) mass is 243 g/mol. The number of methoxy groups -OCH3 is 1. The maximum atomic E-state index is 12.0. The van der Waals surface area contributed by atoms with Crippen LogP contribution >= 0.6 is 0 Å². The van der Waals surface area contributed by atoms with Crippen molar-refractivity contribution >= 4 is 11.9 Å². The lowest BCUT2D eigenvalue weighted by Gasteiger charge is -2.27. The normalized spacial score (nSPS) is 24.1. The highest BCUT2D eigenvalue weighted by Gasteiger charge is 2.40. The summed E-state index contributed by atoms with van der Waals surface area (Å²) in [6, 6.07) is -0.955. The zero-order chi connectivity index (χ0) is 13.1. The molecule has 1 rings (SSSR count). The lowest BCUT2D eigenvalue weighted by Crippen LogP contribution is -2.48. The molecule has 1 fully saturated rings. The van der Waals surface area contributed by atoms with E-state index in [9.17, 15) is 9.59 Å². The molecule has 0 radical (unpaired) electrons. The van der Waals surface area contributed by atoms with Gasteiger partial charge in [-0.15, -0.1) is 0 Å². The van der Waals surface area contributed by atoms with Gasteiger partial charge in [0, 0.05) is 5.92 Å². The summed E-state index contributed by atoms with van der Waals surface area (Å²) in [4.78, 5) is 23.3. The molecule has 2 unspecified atom stereocenters. The molecular formula is C12H21NO4. The minimum atomic E-state index is -0.955. The van der Waals surface area contributed by atoms with Gasteiger partial charge in [-0.3, -0.25) is 4.79 Å². The molecule has 1 saturated carbocycles. The van der Waals surface area contributed by atoms with Crippen LogP contribution in [0.2, 0.25) is 0 Å². The Morgan fingerprint density at radius 2 is 2.18 bits per heavy atom. The summed E-state index contributed by atoms with van der Waals surface area (Å²) in [6.45, 7) is 3.66. The summed E-state index contributed by atoms with van der Waals surface area (Å²) in [5.41, 5.74) is -0.0415. The van der Waals surface area contributed by atoms with Crippen molar-refractivity contribution < 1.29 is 19.4 Å². The van der Waals surface area contributed by atoms with Gasteiger partial charge in [0.15, 0.2) is 6.04 Å². The molecule has 1 amide bonds. The van der Waals surface area contributed by atoms with Crippen molar-refractivity contribution in [3.8, 4) is 0 Å². The molecule has 5 nitrogen and oxygen atoms in total. The summed E-state index contributed by atoms with van der Waals surface area (Å²) in [5.74, 6) is -0.880. The van der Waals surface area contributed by atoms with Crippen LogP contribution in [-0.2, 0) is 14.3 Å². The fraction of sp³-hybridized carbons (Fsp3) is 0.833. The summed E-state index contributed by atoms with van der Waals surface area (Å²) in [7, 11) is 1.23. The topological polar surface area (TPSA) is 75.6 Å². The van der Waals surface area contributed by atoms with Crippen molar-refractivity contribution in [1.29, 1.82) is 0 Å². The highest BCUT2D eigenvalue weighted by Crippen LogP contribution is 2.42. The average Bonchev–Trinajstić information content (AvgIpc) is 2.64. The Morgan fingerprint density at radius 3 is 2.59 bits per heavy atom. The first-order valence-electron chi connectivity index (χ1n) is 5.91. The van der Waals surface area contributed by atoms with E-state index < -0.39 is 18.6 Å². The van der Waals surface area contributed by atoms with Gasteiger partial charge in [-0.2, -0.15) is 0 Å². The molecule has 98 valence electrons. The molecule has 0 aromatic heterocycles. The second kappa shape index (κ2) is 5.49. The van der Waals surface area contributed by atoms with Crippen LogP contribution in [0.1, 0.15) is 33.1 Å². The number of hydrogen-bond donors (Lipinski definition) is 2. The maximum Gasteiger partial charge on any atom is 0.330 e. The maximum absolute atomic E-state index is 12.0. The quantitative estimate of drug-likeness (QED) is 0.703. The van der Waals surface area contributed by atoms with Crippen molar-refractivity contribution in [1.82, 2.24) is 5.32 Å². The Morgan fingerprint density at radius 1 is 1.53 bits per heavy atom. The van der Waals surface area contributed by atoms with Crippen LogP contribution in [0, 0.1) is 11.3 Å². The van der Waals surface area contributed by atoms with Gasteiger partial charge in [0.05, 0.1) is 13.7 Å². The molecule has 0 spiro atoms. The first-order valence-corrected chi connectivity index (χ1v) is 5.91. The van der Waals surface area contributed by atoms with Crippen LogP contribution in [-0.4, -0.2) is 36.7 Å². The molecule has 0 aromatic rings. The van der Waals surface area contributed by atoms with Gasteiger partial charge in [0.2, 0.25) is 5.91 Å². The van der Waals surface area contributed by atoms with Gasteiger partial charge in [-0.1, -0.05) is 20.3 Å². The summed E-state index contributed by atoms with van der Waals surface area (Å²) >= 11 is 0. The zero-order valence-electron chi connectivity index (χ0n) is 10.7. The number of aliphatic hydroxyl groups excluding tert-OH is 1. The molecule has 0 aliphatic heterocycles. The smallest absolute Gasteiger partial charge is 0.330 e. The third kappa shape index (κ3) is 3.19. The molecule has 0 aromatic carbocycles. The second-order valence-electron chi connectivity index (χ2n) is 5.20. The Labute approximate surface area is 102 Å². The fourth-order valence-corrected chi connectivity index (χ4v) is 2.41. The van der Waals surface area contributed by atoms with E-state index >= 15 is 0 Å². The number of ether oxygens (including phenoxy) is 1. The van der Waals surface area contributed by atoms with Gasteiger partial charge in [0.1, 0.15) is 0 Å². The van der Waals surface area contributed by atoms with Gasteiger partial charge in [0.25, 0.3) is 0 Å². The zero-order valence-corrected chi connectivity index (χ0v) is 10.7. The number of hydrogen-bond acceptors (Lipinski definition) is 4. The third-order valence-electron chi connectivity index (χ3n) is 3.56. The van der Waals surface area contributed by atoms with Gasteiger partial charge < -0.3 is 15.2 Å². The van der Waals surface area contributed by atoms with Crippen molar-refractivity contribution in [2.45, 2.75) is 39.2 Å². The van der Waals surface area contributed by atoms with E-state index in [2.05, 4.69) is 23.9 Å². The molecule has 5 heteroatoms. The lowest BCUT2D eigenvalue weighted by atomic mass is 9.81. The molecule has 1 aliphatic rings. The Hall–Kier alpha value is -1.10. The van der Waals surface area contributed by atoms with Gasteiger partial charge >= 0.3 is 5.97 Å². The Balaban J connectivity index is 2.62. The number of amides is 1. The number of carbonyl (C=O) groups is 2. The van der Waals surface area contributed by atoms with Crippen molar-refractivity contribution in [3.05, 3.63) is 0 Å². The van der Waals surface area contributed by atoms with E-state index in [4.69, 9.17) is 5.11 Å². The molecule has 0 saturated heterocycles. The highest BCUT2D eigenvalue weighted by atomic mass is 16.5. The molecular weight excluding hydrogens is 222 g/mol. The second-order valence-corrected chi connectivity index (χ2v) is 5.20. The van der Waals surface area contributed by atoms with Crippen LogP contribution in [0.25, 0.3) is 0 Å². The van der Waals surface area contributed by atoms with E-state index in [0.29, 0.717) is 0 Å². The molecule has 17 heavy (non-hydrogen) atoms. The van der Waals surface area contributed by atoms with E-state index in [-0.39, 0.29) is 17.2 Å². The average molecular weight is 243 g/mol. The molecule has 1 aliphatic carbocycles. The number of nitrogens with one attached hydrogen (secondary N) is 1. The largest absolute Gasteiger partial charge is 0.467 e. The Bertz CT molecular complexity index is 301. The van der Waals surface area contributed by atoms with Gasteiger partial charge in [-0.05, 0) is 18.3 Å². The Kier molecular flexibility index (Phi) is 4.51. The first-order chi connectivity index (χ1) is 7.92. The molecule has 0 bridgehead atoms. The van der Waals surface area contributed by atoms with E-state index in [1.54, 1.807) is 0 Å². The number of rotatable bonds is 4. The predicted molar refractivity (Wildman–Crippen MR) is 62.2 cm³/mol. The van der Waals surface area contributed by atoms with Crippen LogP contribution < -0.4 is 5.32 Å². The number of esters is 1. The van der Waals surface area contributed by atoms with Crippen molar-refractivity contribution in [3.63, 3.8) is 0 Å². The summed E-state index contributed by atoms with van der Waals surface area (Å²) in [6.07, 6.45) is 2.86. The van der Waals surface area contributed by atoms with Crippen LogP contribution in [0.15, 0.2) is 0 Å². The van der Waals surface area contributed by atoms with Crippen LogP contribution in [0.4, 0.5) is 0 Å². The standard InChI is InChI=1S/C12H21NO4/c1-12(2)6-4-5-8(12)10(15)13-9(7-14)11(16)17-3/h8-9,14H,4-7H2,1-3H3,(H,13,15). The van der Waals surface area contributed by atoms with E-state index in [0.717, 1.165) is 19.3 Å². The number of carbonyl (C=O) groups excluding carboxylic acids is 2. The van der Waals surface area contributed by atoms with E-state index in [1.165, 1.54) is 7.11 Å². The lowest BCUT2D eigenvalue weighted by molar-refractivity contribution is -0.147. The van der Waals surface area contributed by atoms with Crippen molar-refractivity contribution in [2.75, 3.05) is 13.7 Å². The first kappa shape index (κ1) is 14.0. The van der Waals surface area contributed by atoms with E-state index in [1.807, 2.05) is 0 Å². The molecule has 2 atom stereocenters. The minimum absolute atomic E-state index is 0.0415. The summed E-state index contributed by atoms with van der Waals surface area (Å²) in [5, 5.41) is 11.6. The number of aliphatic hydroxyl groups is 1. The SMILES string of the molecule is COC(=O)C(CO)NC(=O)C1CCCC1(C)C. The van der Waals surface area contributed by atoms with Crippen LogP contribution in [0.3, 0.4) is 0 Å². The fourth-order valence-electron chi connectivity index (χ4n) is 2.41. The summed E-state index contributed by atoms with van der Waals surface area (Å²) < 4.78 is 4.51.